The molecule has 0 radical (unpaired) electrons. The molecule has 0 bridgehead atoms. The van der Waals surface area contributed by atoms with Gasteiger partial charge in [-0.15, -0.1) is 11.6 Å². The van der Waals surface area contributed by atoms with Crippen LogP contribution in [0.5, 0.6) is 0 Å². The van der Waals surface area contributed by atoms with Crippen LogP contribution in [-0.4, -0.2) is 29.8 Å². The van der Waals surface area contributed by atoms with Crippen LogP contribution in [0.4, 0.5) is 4.39 Å². The van der Waals surface area contributed by atoms with E-state index in [1.54, 1.807) is 17.9 Å². The highest BCUT2D eigenvalue weighted by atomic mass is 35.5. The van der Waals surface area contributed by atoms with Crippen LogP contribution < -0.4 is 0 Å². The van der Waals surface area contributed by atoms with Crippen LogP contribution in [-0.2, 0) is 0 Å². The number of rotatable bonds is 6. The van der Waals surface area contributed by atoms with Crippen LogP contribution in [0.2, 0.25) is 0 Å². The summed E-state index contributed by atoms with van der Waals surface area (Å²) in [5.74, 6) is 0.0477. The highest BCUT2D eigenvalue weighted by Gasteiger charge is 2.15. The lowest BCUT2D eigenvalue weighted by atomic mass is 10.1. The highest BCUT2D eigenvalue weighted by Crippen LogP contribution is 2.12. The predicted molar refractivity (Wildman–Crippen MR) is 72.7 cm³/mol. The third kappa shape index (κ3) is 3.98. The maximum atomic E-state index is 13.2. The van der Waals surface area contributed by atoms with E-state index in [2.05, 4.69) is 6.92 Å². The minimum absolute atomic E-state index is 0.0767. The molecule has 0 aromatic heterocycles. The van der Waals surface area contributed by atoms with Gasteiger partial charge in [0.1, 0.15) is 5.82 Å². The van der Waals surface area contributed by atoms with Crippen LogP contribution in [0.3, 0.4) is 0 Å². The Morgan fingerprint density at radius 1 is 1.39 bits per heavy atom. The smallest absolute Gasteiger partial charge is 0.253 e. The average molecular weight is 272 g/mol. The molecule has 0 aliphatic carbocycles. The molecule has 0 aliphatic rings. The largest absolute Gasteiger partial charge is 0.337 e. The summed E-state index contributed by atoms with van der Waals surface area (Å²) in [4.78, 5) is 14.0. The molecule has 18 heavy (non-hydrogen) atoms. The second-order valence-corrected chi connectivity index (χ2v) is 4.68. The molecule has 2 nitrogen and oxygen atoms in total. The molecule has 4 heteroatoms. The fourth-order valence-electron chi connectivity index (χ4n) is 1.73. The molecule has 1 rings (SSSR count). The molecule has 0 saturated carbocycles. The zero-order chi connectivity index (χ0) is 13.5. The van der Waals surface area contributed by atoms with Crippen LogP contribution in [0, 0.1) is 12.7 Å². The van der Waals surface area contributed by atoms with Gasteiger partial charge in [0.25, 0.3) is 5.91 Å². The van der Waals surface area contributed by atoms with Gasteiger partial charge in [-0.05, 0) is 37.1 Å². The zero-order valence-corrected chi connectivity index (χ0v) is 11.6. The van der Waals surface area contributed by atoms with Gasteiger partial charge in [-0.25, -0.2) is 4.39 Å². The van der Waals surface area contributed by atoms with Gasteiger partial charge in [0.05, 0.1) is 0 Å². The van der Waals surface area contributed by atoms with Crippen LogP contribution in [0.15, 0.2) is 18.2 Å². The van der Waals surface area contributed by atoms with Crippen molar-refractivity contribution < 1.29 is 9.18 Å². The van der Waals surface area contributed by atoms with Crippen molar-refractivity contribution in [3.63, 3.8) is 0 Å². The molecule has 1 aromatic carbocycles. The van der Waals surface area contributed by atoms with Gasteiger partial charge < -0.3 is 4.90 Å². The molecule has 0 N–H and O–H groups in total. The molecule has 0 spiro atoms. The predicted octanol–water partition coefficient (Wildman–Crippen LogP) is 3.62. The lowest BCUT2D eigenvalue weighted by Gasteiger charge is -2.21. The summed E-state index contributed by atoms with van der Waals surface area (Å²) >= 11 is 5.71. The van der Waals surface area contributed by atoms with Gasteiger partial charge >= 0.3 is 0 Å². The third-order valence-electron chi connectivity index (χ3n) is 2.83. The molecule has 0 fully saturated rings. The van der Waals surface area contributed by atoms with E-state index in [9.17, 15) is 9.18 Å². The lowest BCUT2D eigenvalue weighted by molar-refractivity contribution is 0.0763. The number of benzene rings is 1. The van der Waals surface area contributed by atoms with Gasteiger partial charge in [-0.1, -0.05) is 13.3 Å². The fourth-order valence-corrected chi connectivity index (χ4v) is 1.93. The Labute approximate surface area is 113 Å². The Hall–Kier alpha value is -1.09. The van der Waals surface area contributed by atoms with E-state index in [4.69, 9.17) is 11.6 Å². The van der Waals surface area contributed by atoms with Gasteiger partial charge in [0.15, 0.2) is 0 Å². The first-order valence-corrected chi connectivity index (χ1v) is 6.75. The monoisotopic (exact) mass is 271 g/mol. The van der Waals surface area contributed by atoms with Crippen LogP contribution in [0.1, 0.15) is 35.7 Å². The SMILES string of the molecule is CCCCN(CCCl)C(=O)c1ccc(F)c(C)c1. The summed E-state index contributed by atoms with van der Waals surface area (Å²) in [5, 5.41) is 0. The Kier molecular flexibility index (Phi) is 6.13. The van der Waals surface area contributed by atoms with E-state index in [0.717, 1.165) is 12.8 Å². The number of amides is 1. The summed E-state index contributed by atoms with van der Waals surface area (Å²) in [6.07, 6.45) is 1.97. The molecule has 0 heterocycles. The molecule has 1 aromatic rings. The molecule has 0 aliphatic heterocycles. The van der Waals surface area contributed by atoms with E-state index >= 15 is 0 Å². The Morgan fingerprint density at radius 3 is 2.67 bits per heavy atom. The summed E-state index contributed by atoms with van der Waals surface area (Å²) in [7, 11) is 0. The number of halogens is 2. The molecule has 1 amide bonds. The van der Waals surface area contributed by atoms with Crippen molar-refractivity contribution in [1.82, 2.24) is 4.90 Å². The minimum atomic E-state index is -0.288. The first-order chi connectivity index (χ1) is 8.60. The van der Waals surface area contributed by atoms with Crippen molar-refractivity contribution in [2.75, 3.05) is 19.0 Å². The maximum absolute atomic E-state index is 13.2. The molecule has 0 unspecified atom stereocenters. The quantitative estimate of drug-likeness (QED) is 0.724. The standard InChI is InChI=1S/C14H19ClFNO/c1-3-4-8-17(9-7-15)14(18)12-5-6-13(16)11(2)10-12/h5-6,10H,3-4,7-9H2,1-2H3. The van der Waals surface area contributed by atoms with Crippen molar-refractivity contribution in [2.45, 2.75) is 26.7 Å². The normalized spacial score (nSPS) is 10.4. The average Bonchev–Trinajstić information content (AvgIpc) is 2.37. The summed E-state index contributed by atoms with van der Waals surface area (Å²) in [6, 6.07) is 4.45. The number of carbonyl (C=O) groups is 1. The number of nitrogens with zero attached hydrogens (tertiary/aromatic N) is 1. The van der Waals surface area contributed by atoms with E-state index in [0.29, 0.717) is 30.1 Å². The topological polar surface area (TPSA) is 20.3 Å². The van der Waals surface area contributed by atoms with Gasteiger partial charge in [-0.3, -0.25) is 4.79 Å². The van der Waals surface area contributed by atoms with Crippen LogP contribution in [0.25, 0.3) is 0 Å². The first kappa shape index (κ1) is 15.0. The van der Waals surface area contributed by atoms with Gasteiger partial charge in [0.2, 0.25) is 0 Å². The van der Waals surface area contributed by atoms with E-state index in [-0.39, 0.29) is 11.7 Å². The van der Waals surface area contributed by atoms with Crippen molar-refractivity contribution in [1.29, 1.82) is 0 Å². The summed E-state index contributed by atoms with van der Waals surface area (Å²) in [5.41, 5.74) is 1.01. The van der Waals surface area contributed by atoms with Crippen molar-refractivity contribution in [3.8, 4) is 0 Å². The summed E-state index contributed by atoms with van der Waals surface area (Å²) < 4.78 is 13.2. The van der Waals surface area contributed by atoms with Crippen molar-refractivity contribution in [3.05, 3.63) is 35.1 Å². The third-order valence-corrected chi connectivity index (χ3v) is 3.00. The molecular formula is C14H19ClFNO. The Bertz CT molecular complexity index is 409. The highest BCUT2D eigenvalue weighted by molar-refractivity contribution is 6.18. The molecule has 0 saturated heterocycles. The second kappa shape index (κ2) is 7.37. The van der Waals surface area contributed by atoms with Gasteiger partial charge in [0, 0.05) is 24.5 Å². The second-order valence-electron chi connectivity index (χ2n) is 4.30. The number of hydrogen-bond donors (Lipinski definition) is 0. The molecule has 0 atom stereocenters. The Balaban J connectivity index is 2.83. The fraction of sp³-hybridized carbons (Fsp3) is 0.500. The number of carbonyl (C=O) groups excluding carboxylic acids is 1. The number of hydrogen-bond acceptors (Lipinski definition) is 1. The Morgan fingerprint density at radius 2 is 2.11 bits per heavy atom. The zero-order valence-electron chi connectivity index (χ0n) is 10.9. The molecule has 100 valence electrons. The van der Waals surface area contributed by atoms with Crippen molar-refractivity contribution >= 4 is 17.5 Å². The first-order valence-electron chi connectivity index (χ1n) is 6.21. The number of unbranched alkanes of at least 4 members (excludes halogenated alkanes) is 1. The maximum Gasteiger partial charge on any atom is 0.253 e. The number of aryl methyl sites for hydroxylation is 1. The van der Waals surface area contributed by atoms with E-state index < -0.39 is 0 Å². The van der Waals surface area contributed by atoms with E-state index in [1.165, 1.54) is 12.1 Å². The minimum Gasteiger partial charge on any atom is -0.337 e. The van der Waals surface area contributed by atoms with Crippen molar-refractivity contribution in [2.24, 2.45) is 0 Å². The number of alkyl halides is 1. The molecular weight excluding hydrogens is 253 g/mol. The van der Waals surface area contributed by atoms with Crippen LogP contribution >= 0.6 is 11.6 Å². The lowest BCUT2D eigenvalue weighted by Crippen LogP contribution is -2.33. The van der Waals surface area contributed by atoms with Gasteiger partial charge in [-0.2, -0.15) is 0 Å². The van der Waals surface area contributed by atoms with E-state index in [1.807, 2.05) is 0 Å². The summed E-state index contributed by atoms with van der Waals surface area (Å²) in [6.45, 7) is 4.95.